The number of alkyl halides is 2. The monoisotopic (exact) mass is 318 g/mol. The molecule has 0 unspecified atom stereocenters. The van der Waals surface area contributed by atoms with Crippen LogP contribution in [-0.4, -0.2) is 30.4 Å². The number of carbonyl (C=O) groups excluding carboxylic acids is 1. The van der Waals surface area contributed by atoms with Crippen LogP contribution in [0.1, 0.15) is 11.1 Å². The van der Waals surface area contributed by atoms with Crippen LogP contribution >= 0.6 is 0 Å². The van der Waals surface area contributed by atoms with Crippen LogP contribution in [0.5, 0.6) is 0 Å². The molecule has 23 heavy (non-hydrogen) atoms. The van der Waals surface area contributed by atoms with E-state index in [-0.39, 0.29) is 25.2 Å². The Morgan fingerprint density at radius 3 is 2.09 bits per heavy atom. The molecule has 0 bridgehead atoms. The molecular weight excluding hydrogens is 298 g/mol. The van der Waals surface area contributed by atoms with Gasteiger partial charge in [0.05, 0.1) is 0 Å². The van der Waals surface area contributed by atoms with E-state index in [2.05, 4.69) is 0 Å². The second kappa shape index (κ2) is 7.83. The van der Waals surface area contributed by atoms with Gasteiger partial charge in [0.2, 0.25) is 0 Å². The van der Waals surface area contributed by atoms with E-state index < -0.39 is 11.8 Å². The molecule has 3 nitrogen and oxygen atoms in total. The summed E-state index contributed by atoms with van der Waals surface area (Å²) in [5.74, 6) is -4.75. The summed E-state index contributed by atoms with van der Waals surface area (Å²) in [4.78, 5) is 13.4. The van der Waals surface area contributed by atoms with Gasteiger partial charge in [0.15, 0.2) is 0 Å². The quantitative estimate of drug-likeness (QED) is 0.853. The molecule has 2 N–H and O–H groups in total. The van der Waals surface area contributed by atoms with Gasteiger partial charge in [0.25, 0.3) is 5.91 Å². The number of amides is 1. The average molecular weight is 318 g/mol. The van der Waals surface area contributed by atoms with Crippen molar-refractivity contribution in [3.8, 4) is 0 Å². The van der Waals surface area contributed by atoms with Gasteiger partial charge in [-0.15, -0.1) is 0 Å². The number of nitrogens with two attached hydrogens (primary N) is 1. The van der Waals surface area contributed by atoms with Crippen LogP contribution in [0.3, 0.4) is 0 Å². The minimum Gasteiger partial charge on any atom is -0.336 e. The largest absolute Gasteiger partial charge is 0.349 e. The van der Waals surface area contributed by atoms with E-state index in [0.29, 0.717) is 6.42 Å². The number of hydrogen-bond donors (Lipinski definition) is 1. The Bertz CT molecular complexity index is 617. The predicted octanol–water partition coefficient (Wildman–Crippen LogP) is 2.81. The zero-order valence-electron chi connectivity index (χ0n) is 12.8. The normalized spacial score (nSPS) is 11.3. The number of rotatable bonds is 7. The number of benzene rings is 2. The average Bonchev–Trinajstić information content (AvgIpc) is 2.59. The molecule has 0 aliphatic carbocycles. The van der Waals surface area contributed by atoms with Crippen LogP contribution in [0, 0.1) is 0 Å². The molecule has 0 atom stereocenters. The van der Waals surface area contributed by atoms with Gasteiger partial charge in [-0.05, 0) is 12.0 Å². The van der Waals surface area contributed by atoms with Crippen LogP contribution in [0.2, 0.25) is 0 Å². The van der Waals surface area contributed by atoms with Crippen LogP contribution < -0.4 is 5.73 Å². The van der Waals surface area contributed by atoms with Crippen molar-refractivity contribution >= 4 is 5.91 Å². The van der Waals surface area contributed by atoms with Crippen molar-refractivity contribution in [1.29, 1.82) is 0 Å². The second-order valence-electron chi connectivity index (χ2n) is 5.26. The number of nitrogens with zero attached hydrogens (tertiary/aromatic N) is 1. The first-order chi connectivity index (χ1) is 11.1. The minimum atomic E-state index is -3.55. The molecule has 0 heterocycles. The van der Waals surface area contributed by atoms with Crippen molar-refractivity contribution in [2.24, 2.45) is 5.73 Å². The van der Waals surface area contributed by atoms with Gasteiger partial charge >= 0.3 is 5.92 Å². The Morgan fingerprint density at radius 1 is 0.957 bits per heavy atom. The maximum Gasteiger partial charge on any atom is 0.349 e. The van der Waals surface area contributed by atoms with Gasteiger partial charge in [-0.3, -0.25) is 4.79 Å². The molecule has 0 radical (unpaired) electrons. The van der Waals surface area contributed by atoms with E-state index in [1.54, 1.807) is 6.07 Å². The molecule has 1 amide bonds. The highest BCUT2D eigenvalue weighted by molar-refractivity contribution is 5.84. The molecule has 0 saturated heterocycles. The molecule has 0 aliphatic rings. The van der Waals surface area contributed by atoms with E-state index in [4.69, 9.17) is 5.73 Å². The summed E-state index contributed by atoms with van der Waals surface area (Å²) in [6.07, 6.45) is 0.511. The number of hydrogen-bond acceptors (Lipinski definition) is 2. The van der Waals surface area contributed by atoms with Crippen molar-refractivity contribution < 1.29 is 13.6 Å². The van der Waals surface area contributed by atoms with Crippen molar-refractivity contribution in [2.45, 2.75) is 12.3 Å². The van der Waals surface area contributed by atoms with Gasteiger partial charge in [-0.2, -0.15) is 8.78 Å². The second-order valence-corrected chi connectivity index (χ2v) is 5.26. The molecule has 0 fully saturated rings. The Kier molecular flexibility index (Phi) is 5.82. The van der Waals surface area contributed by atoms with Gasteiger partial charge in [-0.1, -0.05) is 60.7 Å². The fourth-order valence-corrected chi connectivity index (χ4v) is 2.35. The topological polar surface area (TPSA) is 46.3 Å². The first-order valence-electron chi connectivity index (χ1n) is 7.52. The fraction of sp³-hybridized carbons (Fsp3) is 0.278. The van der Waals surface area contributed by atoms with Gasteiger partial charge in [-0.25, -0.2) is 0 Å². The molecule has 0 aliphatic heterocycles. The third kappa shape index (κ3) is 4.36. The highest BCUT2D eigenvalue weighted by atomic mass is 19.3. The van der Waals surface area contributed by atoms with Crippen LogP contribution in [0.15, 0.2) is 60.7 Å². The zero-order chi connectivity index (χ0) is 16.7. The third-order valence-corrected chi connectivity index (χ3v) is 3.60. The van der Waals surface area contributed by atoms with Gasteiger partial charge in [0.1, 0.15) is 0 Å². The lowest BCUT2D eigenvalue weighted by atomic mass is 10.1. The van der Waals surface area contributed by atoms with E-state index in [1.165, 1.54) is 24.3 Å². The Morgan fingerprint density at radius 2 is 1.52 bits per heavy atom. The van der Waals surface area contributed by atoms with Crippen molar-refractivity contribution in [2.75, 3.05) is 19.6 Å². The molecule has 0 saturated carbocycles. The molecule has 2 aromatic rings. The highest BCUT2D eigenvalue weighted by Gasteiger charge is 2.43. The molecular formula is C18H20F2N2O. The summed E-state index contributed by atoms with van der Waals surface area (Å²) >= 11 is 0. The first kappa shape index (κ1) is 17.1. The van der Waals surface area contributed by atoms with Crippen LogP contribution in [-0.2, 0) is 17.1 Å². The molecule has 2 aromatic carbocycles. The van der Waals surface area contributed by atoms with Crippen molar-refractivity contribution in [1.82, 2.24) is 4.90 Å². The summed E-state index contributed by atoms with van der Waals surface area (Å²) < 4.78 is 28.8. The van der Waals surface area contributed by atoms with Crippen molar-refractivity contribution in [3.05, 3.63) is 71.8 Å². The van der Waals surface area contributed by atoms with E-state index in [0.717, 1.165) is 10.5 Å². The molecule has 122 valence electrons. The lowest BCUT2D eigenvalue weighted by Crippen LogP contribution is -2.45. The van der Waals surface area contributed by atoms with E-state index in [1.807, 2.05) is 30.3 Å². The number of carbonyl (C=O) groups is 1. The Hall–Kier alpha value is -2.27. The Labute approximate surface area is 134 Å². The van der Waals surface area contributed by atoms with Gasteiger partial charge in [0, 0.05) is 25.2 Å². The minimum absolute atomic E-state index is 0.105. The lowest BCUT2D eigenvalue weighted by molar-refractivity contribution is -0.158. The first-order valence-corrected chi connectivity index (χ1v) is 7.52. The van der Waals surface area contributed by atoms with Crippen LogP contribution in [0.25, 0.3) is 0 Å². The standard InChI is InChI=1S/C18H20F2N2O/c19-18(20,16-9-5-2-6-10-16)17(23)22(14-12-21)13-11-15-7-3-1-4-8-15/h1-10H,11-14,21H2. The Balaban J connectivity index is 2.11. The van der Waals surface area contributed by atoms with E-state index >= 15 is 0 Å². The SMILES string of the molecule is NCCN(CCc1ccccc1)C(=O)C(F)(F)c1ccccc1. The summed E-state index contributed by atoms with van der Waals surface area (Å²) in [5, 5.41) is 0. The molecule has 2 rings (SSSR count). The zero-order valence-corrected chi connectivity index (χ0v) is 12.8. The van der Waals surface area contributed by atoms with Crippen LogP contribution in [0.4, 0.5) is 8.78 Å². The number of halogens is 2. The molecule has 0 aromatic heterocycles. The molecule has 0 spiro atoms. The van der Waals surface area contributed by atoms with E-state index in [9.17, 15) is 13.6 Å². The lowest BCUT2D eigenvalue weighted by Gasteiger charge is -2.27. The summed E-state index contributed by atoms with van der Waals surface area (Å²) in [7, 11) is 0. The smallest absolute Gasteiger partial charge is 0.336 e. The maximum atomic E-state index is 14.4. The van der Waals surface area contributed by atoms with Crippen molar-refractivity contribution in [3.63, 3.8) is 0 Å². The van der Waals surface area contributed by atoms with Gasteiger partial charge < -0.3 is 10.6 Å². The summed E-state index contributed by atoms with van der Waals surface area (Å²) in [6.45, 7) is 0.460. The fourth-order valence-electron chi connectivity index (χ4n) is 2.35. The predicted molar refractivity (Wildman–Crippen MR) is 86.1 cm³/mol. The highest BCUT2D eigenvalue weighted by Crippen LogP contribution is 2.30. The third-order valence-electron chi connectivity index (χ3n) is 3.60. The molecule has 5 heteroatoms. The maximum absolute atomic E-state index is 14.4. The summed E-state index contributed by atoms with van der Waals surface area (Å²) in [6, 6.07) is 16.6. The summed E-state index contributed by atoms with van der Waals surface area (Å²) in [5.41, 5.74) is 6.17.